The van der Waals surface area contributed by atoms with Crippen LogP contribution in [0.3, 0.4) is 0 Å². The Morgan fingerprint density at radius 3 is 2.28 bits per heavy atom. The summed E-state index contributed by atoms with van der Waals surface area (Å²) >= 11 is 6.17. The molecular weight excluding hydrogens is 336 g/mol. The predicted molar refractivity (Wildman–Crippen MR) is 102 cm³/mol. The first kappa shape index (κ1) is 19.3. The smallest absolute Gasteiger partial charge is 0.258 e. The lowest BCUT2D eigenvalue weighted by molar-refractivity contribution is -0.124. The minimum Gasteiger partial charge on any atom is -0.483 e. The standard InChI is InChI=1S/C20H25ClN2O2/c1-20(2,3)23-19(24)14-25-18-11-7-5-9-16(18)13-22-12-15-8-4-6-10-17(15)21/h4-11,22H,12-14H2,1-3H3,(H,23,24). The molecule has 2 N–H and O–H groups in total. The lowest BCUT2D eigenvalue weighted by atomic mass is 10.1. The largest absolute Gasteiger partial charge is 0.483 e. The van der Waals surface area contributed by atoms with Crippen LogP contribution in [0.5, 0.6) is 5.75 Å². The monoisotopic (exact) mass is 360 g/mol. The first-order valence-electron chi connectivity index (χ1n) is 8.31. The number of amides is 1. The highest BCUT2D eigenvalue weighted by molar-refractivity contribution is 6.31. The molecule has 0 atom stereocenters. The van der Waals surface area contributed by atoms with Crippen LogP contribution in [-0.4, -0.2) is 18.1 Å². The van der Waals surface area contributed by atoms with Gasteiger partial charge in [0, 0.05) is 29.2 Å². The fourth-order valence-electron chi connectivity index (χ4n) is 2.36. The van der Waals surface area contributed by atoms with E-state index in [2.05, 4.69) is 10.6 Å². The summed E-state index contributed by atoms with van der Waals surface area (Å²) in [4.78, 5) is 11.9. The van der Waals surface area contributed by atoms with Crippen molar-refractivity contribution in [1.82, 2.24) is 10.6 Å². The molecule has 0 heterocycles. The number of ether oxygens (including phenoxy) is 1. The van der Waals surface area contributed by atoms with E-state index in [0.29, 0.717) is 18.8 Å². The molecule has 0 radical (unpaired) electrons. The zero-order chi connectivity index (χ0) is 18.3. The number of halogens is 1. The van der Waals surface area contributed by atoms with Crippen LogP contribution in [0.25, 0.3) is 0 Å². The first-order valence-corrected chi connectivity index (χ1v) is 8.69. The quantitative estimate of drug-likeness (QED) is 0.786. The molecule has 0 unspecified atom stereocenters. The molecule has 5 heteroatoms. The Morgan fingerprint density at radius 1 is 1.00 bits per heavy atom. The van der Waals surface area contributed by atoms with E-state index >= 15 is 0 Å². The van der Waals surface area contributed by atoms with E-state index in [1.165, 1.54) is 0 Å². The summed E-state index contributed by atoms with van der Waals surface area (Å²) < 4.78 is 5.69. The summed E-state index contributed by atoms with van der Waals surface area (Å²) in [5.74, 6) is 0.574. The Balaban J connectivity index is 1.89. The van der Waals surface area contributed by atoms with Gasteiger partial charge in [-0.3, -0.25) is 4.79 Å². The topological polar surface area (TPSA) is 50.4 Å². The van der Waals surface area contributed by atoms with Gasteiger partial charge in [0.05, 0.1) is 0 Å². The van der Waals surface area contributed by atoms with E-state index in [1.807, 2.05) is 69.3 Å². The molecule has 0 aromatic heterocycles. The average Bonchev–Trinajstić information content (AvgIpc) is 2.54. The van der Waals surface area contributed by atoms with Gasteiger partial charge in [0.1, 0.15) is 5.75 Å². The molecule has 0 saturated heterocycles. The Labute approximate surface area is 154 Å². The van der Waals surface area contributed by atoms with Crippen LogP contribution >= 0.6 is 11.6 Å². The highest BCUT2D eigenvalue weighted by Crippen LogP contribution is 2.19. The lowest BCUT2D eigenvalue weighted by Gasteiger charge is -2.20. The van der Waals surface area contributed by atoms with E-state index < -0.39 is 0 Å². The van der Waals surface area contributed by atoms with Crippen molar-refractivity contribution in [3.63, 3.8) is 0 Å². The molecule has 2 aromatic carbocycles. The van der Waals surface area contributed by atoms with Gasteiger partial charge < -0.3 is 15.4 Å². The normalized spacial score (nSPS) is 11.2. The van der Waals surface area contributed by atoms with Crippen molar-refractivity contribution in [2.75, 3.05) is 6.61 Å². The second-order valence-electron chi connectivity index (χ2n) is 6.89. The van der Waals surface area contributed by atoms with Crippen molar-refractivity contribution in [2.24, 2.45) is 0 Å². The summed E-state index contributed by atoms with van der Waals surface area (Å²) in [6.07, 6.45) is 0. The van der Waals surface area contributed by atoms with Crippen LogP contribution in [0.1, 0.15) is 31.9 Å². The van der Waals surface area contributed by atoms with Crippen molar-refractivity contribution in [3.8, 4) is 5.75 Å². The van der Waals surface area contributed by atoms with Crippen LogP contribution in [-0.2, 0) is 17.9 Å². The van der Waals surface area contributed by atoms with E-state index in [1.54, 1.807) is 0 Å². The average molecular weight is 361 g/mol. The van der Waals surface area contributed by atoms with Crippen LogP contribution in [0.15, 0.2) is 48.5 Å². The lowest BCUT2D eigenvalue weighted by Crippen LogP contribution is -2.43. The zero-order valence-electron chi connectivity index (χ0n) is 14.9. The minimum absolute atomic E-state index is 0.00119. The molecule has 2 rings (SSSR count). The molecule has 0 fully saturated rings. The molecule has 25 heavy (non-hydrogen) atoms. The number of hydrogen-bond acceptors (Lipinski definition) is 3. The van der Waals surface area contributed by atoms with Gasteiger partial charge in [-0.25, -0.2) is 0 Å². The van der Waals surface area contributed by atoms with E-state index in [0.717, 1.165) is 16.1 Å². The maximum Gasteiger partial charge on any atom is 0.258 e. The summed E-state index contributed by atoms with van der Waals surface area (Å²) in [5, 5.41) is 6.99. The second kappa shape index (κ2) is 8.88. The Hall–Kier alpha value is -2.04. The van der Waals surface area contributed by atoms with Gasteiger partial charge in [-0.2, -0.15) is 0 Å². The van der Waals surface area contributed by atoms with Gasteiger partial charge in [-0.15, -0.1) is 0 Å². The first-order chi connectivity index (χ1) is 11.8. The van der Waals surface area contributed by atoms with Gasteiger partial charge in [-0.05, 0) is 38.5 Å². The highest BCUT2D eigenvalue weighted by Gasteiger charge is 2.14. The third-order valence-corrected chi connectivity index (χ3v) is 3.80. The van der Waals surface area contributed by atoms with E-state index in [4.69, 9.17) is 16.3 Å². The second-order valence-corrected chi connectivity index (χ2v) is 7.30. The number of hydrogen-bond donors (Lipinski definition) is 2. The summed E-state index contributed by atoms with van der Waals surface area (Å²) in [5.41, 5.74) is 1.78. The molecule has 4 nitrogen and oxygen atoms in total. The number of rotatable bonds is 7. The third-order valence-electron chi connectivity index (χ3n) is 3.43. The van der Waals surface area contributed by atoms with E-state index in [-0.39, 0.29) is 18.1 Å². The minimum atomic E-state index is -0.267. The molecule has 0 bridgehead atoms. The van der Waals surface area contributed by atoms with Crippen molar-refractivity contribution in [3.05, 3.63) is 64.7 Å². The van der Waals surface area contributed by atoms with Crippen LogP contribution in [0.2, 0.25) is 5.02 Å². The summed E-state index contributed by atoms with van der Waals surface area (Å²) in [7, 11) is 0. The van der Waals surface area contributed by atoms with Gasteiger partial charge in [0.15, 0.2) is 6.61 Å². The van der Waals surface area contributed by atoms with Crippen molar-refractivity contribution in [2.45, 2.75) is 39.4 Å². The van der Waals surface area contributed by atoms with Gasteiger partial charge in [-0.1, -0.05) is 48.0 Å². The number of carbonyl (C=O) groups is 1. The Morgan fingerprint density at radius 2 is 1.60 bits per heavy atom. The van der Waals surface area contributed by atoms with E-state index in [9.17, 15) is 4.79 Å². The van der Waals surface area contributed by atoms with Gasteiger partial charge in [0.2, 0.25) is 0 Å². The Bertz CT molecular complexity index is 711. The fraction of sp³-hybridized carbons (Fsp3) is 0.350. The van der Waals surface area contributed by atoms with Crippen LogP contribution in [0.4, 0.5) is 0 Å². The van der Waals surface area contributed by atoms with Gasteiger partial charge in [0.25, 0.3) is 5.91 Å². The van der Waals surface area contributed by atoms with Crippen molar-refractivity contribution in [1.29, 1.82) is 0 Å². The molecular formula is C20H25ClN2O2. The number of carbonyl (C=O) groups excluding carboxylic acids is 1. The molecule has 2 aromatic rings. The third kappa shape index (κ3) is 6.77. The molecule has 0 aliphatic heterocycles. The van der Waals surface area contributed by atoms with Crippen molar-refractivity contribution >= 4 is 17.5 Å². The number of para-hydroxylation sites is 1. The highest BCUT2D eigenvalue weighted by atomic mass is 35.5. The molecule has 1 amide bonds. The van der Waals surface area contributed by atoms with Crippen LogP contribution < -0.4 is 15.4 Å². The SMILES string of the molecule is CC(C)(C)NC(=O)COc1ccccc1CNCc1ccccc1Cl. The fourth-order valence-corrected chi connectivity index (χ4v) is 2.56. The number of benzene rings is 2. The Kier molecular flexibility index (Phi) is 6.85. The van der Waals surface area contributed by atoms with Gasteiger partial charge >= 0.3 is 0 Å². The predicted octanol–water partition coefficient (Wildman–Crippen LogP) is 3.92. The molecule has 134 valence electrons. The van der Waals surface area contributed by atoms with Crippen molar-refractivity contribution < 1.29 is 9.53 Å². The van der Waals surface area contributed by atoms with Crippen LogP contribution in [0, 0.1) is 0 Å². The molecule has 0 saturated carbocycles. The summed E-state index contributed by atoms with van der Waals surface area (Å²) in [6.45, 7) is 7.12. The molecule has 0 aliphatic rings. The maximum absolute atomic E-state index is 11.9. The zero-order valence-corrected chi connectivity index (χ0v) is 15.7. The molecule has 0 aliphatic carbocycles. The summed E-state index contributed by atoms with van der Waals surface area (Å²) in [6, 6.07) is 15.5. The maximum atomic E-state index is 11.9. The molecule has 0 spiro atoms. The number of nitrogens with one attached hydrogen (secondary N) is 2.